The lowest BCUT2D eigenvalue weighted by Gasteiger charge is -2.08. The number of rotatable bonds is 5. The average molecular weight is 392 g/mol. The van der Waals surface area contributed by atoms with Gasteiger partial charge >= 0.3 is 0 Å². The molecule has 1 amide bonds. The molecule has 3 rings (SSSR count). The van der Waals surface area contributed by atoms with E-state index in [1.54, 1.807) is 16.8 Å². The molecule has 0 fully saturated rings. The number of thioether (sulfide) groups is 1. The molecular weight excluding hydrogens is 374 g/mol. The first-order valence-corrected chi connectivity index (χ1v) is 9.14. The zero-order valence-corrected chi connectivity index (χ0v) is 16.1. The first-order chi connectivity index (χ1) is 12.3. The van der Waals surface area contributed by atoms with Gasteiger partial charge < -0.3 is 11.2 Å². The van der Waals surface area contributed by atoms with Gasteiger partial charge in [0.2, 0.25) is 11.1 Å². The predicted molar refractivity (Wildman–Crippen MR) is 102 cm³/mol. The van der Waals surface area contributed by atoms with Crippen molar-refractivity contribution in [1.29, 1.82) is 0 Å². The van der Waals surface area contributed by atoms with Crippen LogP contribution in [0.25, 0.3) is 5.95 Å². The van der Waals surface area contributed by atoms with E-state index in [1.807, 2.05) is 32.9 Å². The zero-order valence-electron chi connectivity index (χ0n) is 14.5. The molecule has 0 aliphatic carbocycles. The van der Waals surface area contributed by atoms with Gasteiger partial charge in [-0.3, -0.25) is 4.79 Å². The number of nitrogens with two attached hydrogens (primary N) is 1. The van der Waals surface area contributed by atoms with Crippen molar-refractivity contribution in [2.45, 2.75) is 25.9 Å². The SMILES string of the molecule is Cc1ccc(NC(=O)CSc2nnc(-n3nc(C)cc3C)n2N)c(Cl)c1. The van der Waals surface area contributed by atoms with Gasteiger partial charge in [0.1, 0.15) is 0 Å². The van der Waals surface area contributed by atoms with E-state index in [0.717, 1.165) is 17.0 Å². The zero-order chi connectivity index (χ0) is 18.8. The molecule has 1 aromatic carbocycles. The van der Waals surface area contributed by atoms with Crippen molar-refractivity contribution in [3.8, 4) is 5.95 Å². The second-order valence-corrected chi connectivity index (χ2v) is 7.16. The van der Waals surface area contributed by atoms with E-state index in [9.17, 15) is 4.79 Å². The van der Waals surface area contributed by atoms with Crippen molar-refractivity contribution in [1.82, 2.24) is 24.7 Å². The molecule has 3 N–H and O–H groups in total. The number of benzene rings is 1. The van der Waals surface area contributed by atoms with Crippen LogP contribution in [0.2, 0.25) is 5.02 Å². The molecular formula is C16H18ClN7OS. The number of hydrogen-bond donors (Lipinski definition) is 2. The molecule has 0 spiro atoms. The standard InChI is InChI=1S/C16H18ClN7OS/c1-9-4-5-13(12(17)6-9)19-14(25)8-26-16-21-20-15(23(16)18)24-11(3)7-10(2)22-24/h4-7H,8,18H2,1-3H3,(H,19,25). The highest BCUT2D eigenvalue weighted by Crippen LogP contribution is 2.23. The van der Waals surface area contributed by atoms with Crippen LogP contribution >= 0.6 is 23.4 Å². The monoisotopic (exact) mass is 391 g/mol. The van der Waals surface area contributed by atoms with Crippen LogP contribution in [0.5, 0.6) is 0 Å². The molecule has 0 unspecified atom stereocenters. The van der Waals surface area contributed by atoms with Crippen LogP contribution in [0.3, 0.4) is 0 Å². The van der Waals surface area contributed by atoms with Crippen molar-refractivity contribution < 1.29 is 4.79 Å². The van der Waals surface area contributed by atoms with Crippen molar-refractivity contribution >= 4 is 35.0 Å². The lowest BCUT2D eigenvalue weighted by atomic mass is 10.2. The average Bonchev–Trinajstić information content (AvgIpc) is 3.10. The van der Waals surface area contributed by atoms with Crippen LogP contribution in [-0.4, -0.2) is 36.3 Å². The van der Waals surface area contributed by atoms with Crippen LogP contribution in [0.15, 0.2) is 29.4 Å². The molecule has 10 heteroatoms. The number of carbonyl (C=O) groups excluding carboxylic acids is 1. The molecule has 26 heavy (non-hydrogen) atoms. The third-order valence-corrected chi connectivity index (χ3v) is 4.83. The Morgan fingerprint density at radius 1 is 1.27 bits per heavy atom. The smallest absolute Gasteiger partial charge is 0.271 e. The number of halogens is 1. The minimum atomic E-state index is -0.212. The lowest BCUT2D eigenvalue weighted by Crippen LogP contribution is -2.19. The maximum absolute atomic E-state index is 12.2. The van der Waals surface area contributed by atoms with Crippen molar-refractivity contribution in [3.63, 3.8) is 0 Å². The van der Waals surface area contributed by atoms with Gasteiger partial charge in [0.15, 0.2) is 0 Å². The van der Waals surface area contributed by atoms with E-state index in [1.165, 1.54) is 16.4 Å². The highest BCUT2D eigenvalue weighted by atomic mass is 35.5. The first kappa shape index (κ1) is 18.3. The Balaban J connectivity index is 1.67. The molecule has 136 valence electrons. The summed E-state index contributed by atoms with van der Waals surface area (Å²) < 4.78 is 2.93. The van der Waals surface area contributed by atoms with E-state index in [0.29, 0.717) is 21.8 Å². The van der Waals surface area contributed by atoms with E-state index < -0.39 is 0 Å². The predicted octanol–water partition coefficient (Wildman–Crippen LogP) is 2.49. The molecule has 2 aromatic heterocycles. The fraction of sp³-hybridized carbons (Fsp3) is 0.250. The molecule has 0 bridgehead atoms. The molecule has 0 radical (unpaired) electrons. The van der Waals surface area contributed by atoms with Gasteiger partial charge in [-0.05, 0) is 44.5 Å². The number of anilines is 1. The number of nitrogens with one attached hydrogen (secondary N) is 1. The number of nitrogen functional groups attached to an aromatic ring is 1. The van der Waals surface area contributed by atoms with Crippen LogP contribution in [0.1, 0.15) is 17.0 Å². The summed E-state index contributed by atoms with van der Waals surface area (Å²) in [5.74, 6) is 6.35. The molecule has 3 aromatic rings. The summed E-state index contributed by atoms with van der Waals surface area (Å²) in [5, 5.41) is 16.1. The van der Waals surface area contributed by atoms with Gasteiger partial charge in [0.05, 0.1) is 22.2 Å². The number of amides is 1. The van der Waals surface area contributed by atoms with E-state index in [4.69, 9.17) is 17.4 Å². The fourth-order valence-corrected chi connectivity index (χ4v) is 3.32. The van der Waals surface area contributed by atoms with E-state index >= 15 is 0 Å². The summed E-state index contributed by atoms with van der Waals surface area (Å²) in [6.45, 7) is 5.72. The van der Waals surface area contributed by atoms with Gasteiger partial charge in [-0.1, -0.05) is 29.4 Å². The molecule has 0 saturated carbocycles. The van der Waals surface area contributed by atoms with Gasteiger partial charge in [0, 0.05) is 5.69 Å². The number of nitrogens with zero attached hydrogens (tertiary/aromatic N) is 5. The molecule has 0 aliphatic rings. The van der Waals surface area contributed by atoms with Gasteiger partial charge in [-0.15, -0.1) is 10.2 Å². The number of carbonyl (C=O) groups is 1. The van der Waals surface area contributed by atoms with Gasteiger partial charge in [0.25, 0.3) is 5.95 Å². The summed E-state index contributed by atoms with van der Waals surface area (Å²) in [6, 6.07) is 7.36. The summed E-state index contributed by atoms with van der Waals surface area (Å²) in [5.41, 5.74) is 3.34. The highest BCUT2D eigenvalue weighted by Gasteiger charge is 2.16. The Bertz CT molecular complexity index is 966. The Morgan fingerprint density at radius 3 is 2.69 bits per heavy atom. The van der Waals surface area contributed by atoms with Gasteiger partial charge in [-0.2, -0.15) is 5.10 Å². The summed E-state index contributed by atoms with van der Waals surface area (Å²) in [7, 11) is 0. The van der Waals surface area contributed by atoms with E-state index in [-0.39, 0.29) is 11.7 Å². The van der Waals surface area contributed by atoms with Crippen LogP contribution in [-0.2, 0) is 4.79 Å². The normalized spacial score (nSPS) is 10.9. The number of aryl methyl sites for hydroxylation is 3. The maximum atomic E-state index is 12.2. The Labute approximate surface area is 159 Å². The van der Waals surface area contributed by atoms with Crippen LogP contribution in [0, 0.1) is 20.8 Å². The van der Waals surface area contributed by atoms with Crippen molar-refractivity contribution in [3.05, 3.63) is 46.2 Å². The van der Waals surface area contributed by atoms with E-state index in [2.05, 4.69) is 20.6 Å². The summed E-state index contributed by atoms with van der Waals surface area (Å²) in [4.78, 5) is 12.2. The third kappa shape index (κ3) is 3.83. The lowest BCUT2D eigenvalue weighted by molar-refractivity contribution is -0.113. The summed E-state index contributed by atoms with van der Waals surface area (Å²) in [6.07, 6.45) is 0. The molecule has 2 heterocycles. The second kappa shape index (κ2) is 7.38. The molecule has 8 nitrogen and oxygen atoms in total. The largest absolute Gasteiger partial charge is 0.334 e. The molecule has 0 aliphatic heterocycles. The van der Waals surface area contributed by atoms with Crippen molar-refractivity contribution in [2.75, 3.05) is 16.9 Å². The summed E-state index contributed by atoms with van der Waals surface area (Å²) >= 11 is 7.31. The maximum Gasteiger partial charge on any atom is 0.271 e. The quantitative estimate of drug-likeness (QED) is 0.511. The topological polar surface area (TPSA) is 104 Å². The molecule has 0 saturated heterocycles. The number of aromatic nitrogens is 5. The number of hydrogen-bond acceptors (Lipinski definition) is 6. The first-order valence-electron chi connectivity index (χ1n) is 7.78. The van der Waals surface area contributed by atoms with Crippen molar-refractivity contribution in [2.24, 2.45) is 0 Å². The minimum Gasteiger partial charge on any atom is -0.334 e. The minimum absolute atomic E-state index is 0.122. The van der Waals surface area contributed by atoms with Gasteiger partial charge in [-0.25, -0.2) is 9.36 Å². The highest BCUT2D eigenvalue weighted by molar-refractivity contribution is 7.99. The van der Waals surface area contributed by atoms with Crippen LogP contribution < -0.4 is 11.2 Å². The van der Waals surface area contributed by atoms with Crippen LogP contribution in [0.4, 0.5) is 5.69 Å². The Hall–Kier alpha value is -2.52. The fourth-order valence-electron chi connectivity index (χ4n) is 2.38. The third-order valence-electron chi connectivity index (χ3n) is 3.58. The second-order valence-electron chi connectivity index (χ2n) is 5.81. The molecule has 0 atom stereocenters. The Morgan fingerprint density at radius 2 is 2.04 bits per heavy atom. The Kier molecular flexibility index (Phi) is 5.19.